The predicted molar refractivity (Wildman–Crippen MR) is 80.6 cm³/mol. The Bertz CT molecular complexity index is 651. The second-order valence-electron chi connectivity index (χ2n) is 4.31. The fourth-order valence-corrected chi connectivity index (χ4v) is 1.92. The fraction of sp³-hybridized carbons (Fsp3) is 0.125. The third-order valence-corrected chi connectivity index (χ3v) is 3.77. The van der Waals surface area contributed by atoms with Crippen molar-refractivity contribution in [1.29, 1.82) is 0 Å². The number of hydrogen-bond donors (Lipinski definition) is 0. The molecule has 0 amide bonds. The van der Waals surface area contributed by atoms with Gasteiger partial charge in [0.25, 0.3) is 0 Å². The average Bonchev–Trinajstić information content (AvgIpc) is 2.43. The molecule has 0 spiro atoms. The summed E-state index contributed by atoms with van der Waals surface area (Å²) >= 11 is 0. The molecule has 1 unspecified atom stereocenters. The van der Waals surface area contributed by atoms with Crippen LogP contribution in [0.3, 0.4) is 0 Å². The Labute approximate surface area is 120 Å². The number of rotatable bonds is 4. The molecule has 0 aliphatic heterocycles. The molecule has 0 N–H and O–H groups in total. The van der Waals surface area contributed by atoms with E-state index in [9.17, 15) is 8.60 Å². The van der Waals surface area contributed by atoms with E-state index < -0.39 is 16.6 Å². The van der Waals surface area contributed by atoms with Gasteiger partial charge in [-0.3, -0.25) is 4.21 Å². The van der Waals surface area contributed by atoms with Crippen molar-refractivity contribution in [2.45, 2.75) is 6.92 Å². The lowest BCUT2D eigenvalue weighted by Crippen LogP contribution is -1.90. The van der Waals surface area contributed by atoms with E-state index in [0.717, 1.165) is 10.5 Å². The quantitative estimate of drug-likeness (QED) is 0.836. The van der Waals surface area contributed by atoms with Crippen molar-refractivity contribution in [2.75, 3.05) is 6.26 Å². The van der Waals surface area contributed by atoms with Crippen LogP contribution in [0, 0.1) is 5.82 Å². The molecule has 1 atom stereocenters. The van der Waals surface area contributed by atoms with Crippen LogP contribution in [-0.4, -0.2) is 10.5 Å². The largest absolute Gasteiger partial charge is 0.454 e. The van der Waals surface area contributed by atoms with Crippen molar-refractivity contribution in [2.24, 2.45) is 0 Å². The van der Waals surface area contributed by atoms with Gasteiger partial charge in [-0.1, -0.05) is 24.3 Å². The Morgan fingerprint density at radius 2 is 1.90 bits per heavy atom. The molecule has 0 saturated carbocycles. The number of halogens is 1. The third kappa shape index (κ3) is 3.78. The van der Waals surface area contributed by atoms with Gasteiger partial charge in [0.2, 0.25) is 0 Å². The molecule has 0 fully saturated rings. The van der Waals surface area contributed by atoms with Gasteiger partial charge in [-0.2, -0.15) is 0 Å². The molecule has 4 heteroatoms. The van der Waals surface area contributed by atoms with E-state index in [1.165, 1.54) is 6.07 Å². The summed E-state index contributed by atoms with van der Waals surface area (Å²) in [5.74, 6) is 0.296. The van der Waals surface area contributed by atoms with Crippen LogP contribution in [0.4, 0.5) is 4.39 Å². The Kier molecular flexibility index (Phi) is 4.69. The number of benzene rings is 2. The first-order valence-electron chi connectivity index (χ1n) is 6.10. The molecule has 2 rings (SSSR count). The molecule has 2 aromatic rings. The predicted octanol–water partition coefficient (Wildman–Crippen LogP) is 4.36. The Morgan fingerprint density at radius 1 is 1.20 bits per heavy atom. The van der Waals surface area contributed by atoms with E-state index in [4.69, 9.17) is 4.74 Å². The normalized spacial score (nSPS) is 13.1. The van der Waals surface area contributed by atoms with E-state index in [1.807, 2.05) is 18.2 Å². The standard InChI is InChI=1S/C16H15FO2S/c1-12(20(2)18)10-13-8-9-15(17)16(11-13)19-14-6-4-3-5-7-14/h3-11H,1-2H3/b12-10+. The van der Waals surface area contributed by atoms with Gasteiger partial charge in [0, 0.05) is 22.0 Å². The van der Waals surface area contributed by atoms with Gasteiger partial charge in [0.1, 0.15) is 5.75 Å². The molecule has 104 valence electrons. The molecule has 0 saturated heterocycles. The fourth-order valence-electron chi connectivity index (χ4n) is 1.62. The smallest absolute Gasteiger partial charge is 0.165 e. The summed E-state index contributed by atoms with van der Waals surface area (Å²) in [6.45, 7) is 1.77. The lowest BCUT2D eigenvalue weighted by molar-refractivity contribution is 0.442. The van der Waals surface area contributed by atoms with Crippen LogP contribution in [0.1, 0.15) is 12.5 Å². The third-order valence-electron chi connectivity index (χ3n) is 2.75. The van der Waals surface area contributed by atoms with Gasteiger partial charge < -0.3 is 4.74 Å². The minimum Gasteiger partial charge on any atom is -0.454 e. The van der Waals surface area contributed by atoms with Crippen LogP contribution >= 0.6 is 0 Å². The van der Waals surface area contributed by atoms with Crippen LogP contribution in [0.2, 0.25) is 0 Å². The highest BCUT2D eigenvalue weighted by Crippen LogP contribution is 2.26. The monoisotopic (exact) mass is 290 g/mol. The van der Waals surface area contributed by atoms with Crippen LogP contribution in [0.25, 0.3) is 6.08 Å². The lowest BCUT2D eigenvalue weighted by Gasteiger charge is -2.07. The highest BCUT2D eigenvalue weighted by atomic mass is 32.2. The number of ether oxygens (including phenoxy) is 1. The molecule has 0 aliphatic carbocycles. The van der Waals surface area contributed by atoms with Gasteiger partial charge in [-0.15, -0.1) is 0 Å². The second kappa shape index (κ2) is 6.48. The van der Waals surface area contributed by atoms with Crippen LogP contribution in [-0.2, 0) is 10.8 Å². The average molecular weight is 290 g/mol. The maximum Gasteiger partial charge on any atom is 0.165 e. The summed E-state index contributed by atoms with van der Waals surface area (Å²) in [4.78, 5) is 0.724. The molecule has 0 heterocycles. The van der Waals surface area contributed by atoms with E-state index in [2.05, 4.69) is 0 Å². The molecule has 0 radical (unpaired) electrons. The first kappa shape index (κ1) is 14.5. The number of allylic oxidation sites excluding steroid dienone is 1. The molecule has 0 aliphatic rings. The second-order valence-corrected chi connectivity index (χ2v) is 5.87. The SMILES string of the molecule is C/C(=C\c1ccc(F)c(Oc2ccccc2)c1)S(C)=O. The Balaban J connectivity index is 2.30. The maximum absolute atomic E-state index is 13.7. The zero-order chi connectivity index (χ0) is 14.5. The summed E-state index contributed by atoms with van der Waals surface area (Å²) < 4.78 is 30.6. The maximum atomic E-state index is 13.7. The van der Waals surface area contributed by atoms with E-state index in [0.29, 0.717) is 5.75 Å². The van der Waals surface area contributed by atoms with Crippen LogP contribution in [0.5, 0.6) is 11.5 Å². The molecule has 20 heavy (non-hydrogen) atoms. The van der Waals surface area contributed by atoms with Gasteiger partial charge in [-0.25, -0.2) is 4.39 Å². The van der Waals surface area contributed by atoms with E-state index in [-0.39, 0.29) is 5.75 Å². The lowest BCUT2D eigenvalue weighted by atomic mass is 10.2. The van der Waals surface area contributed by atoms with Gasteiger partial charge in [0.05, 0.1) is 0 Å². The summed E-state index contributed by atoms with van der Waals surface area (Å²) in [5, 5.41) is 0. The highest BCUT2D eigenvalue weighted by molar-refractivity contribution is 7.88. The minimum atomic E-state index is -1.03. The summed E-state index contributed by atoms with van der Waals surface area (Å²) in [6.07, 6.45) is 3.37. The van der Waals surface area contributed by atoms with Gasteiger partial charge in [-0.05, 0) is 42.8 Å². The summed E-state index contributed by atoms with van der Waals surface area (Å²) in [5.41, 5.74) is 0.755. The Morgan fingerprint density at radius 3 is 2.55 bits per heavy atom. The van der Waals surface area contributed by atoms with Crippen molar-refractivity contribution >= 4 is 16.9 Å². The first-order chi connectivity index (χ1) is 9.56. The van der Waals surface area contributed by atoms with Crippen LogP contribution in [0.15, 0.2) is 53.4 Å². The highest BCUT2D eigenvalue weighted by Gasteiger charge is 2.06. The van der Waals surface area contributed by atoms with E-state index in [1.54, 1.807) is 43.5 Å². The van der Waals surface area contributed by atoms with Crippen molar-refractivity contribution in [1.82, 2.24) is 0 Å². The number of para-hydroxylation sites is 1. The number of hydrogen-bond acceptors (Lipinski definition) is 2. The summed E-state index contributed by atoms with van der Waals surface area (Å²) in [7, 11) is -1.03. The molecule has 2 aromatic carbocycles. The van der Waals surface area contributed by atoms with Crippen molar-refractivity contribution in [3.63, 3.8) is 0 Å². The first-order valence-corrected chi connectivity index (χ1v) is 7.66. The van der Waals surface area contributed by atoms with Crippen molar-refractivity contribution in [3.8, 4) is 11.5 Å². The topological polar surface area (TPSA) is 26.3 Å². The molecular weight excluding hydrogens is 275 g/mol. The molecule has 0 aromatic heterocycles. The summed E-state index contributed by atoms with van der Waals surface area (Å²) in [6, 6.07) is 13.6. The van der Waals surface area contributed by atoms with Gasteiger partial charge >= 0.3 is 0 Å². The van der Waals surface area contributed by atoms with Crippen LogP contribution < -0.4 is 4.74 Å². The molecule has 2 nitrogen and oxygen atoms in total. The van der Waals surface area contributed by atoms with E-state index >= 15 is 0 Å². The minimum absolute atomic E-state index is 0.152. The molecule has 0 bridgehead atoms. The zero-order valence-electron chi connectivity index (χ0n) is 11.3. The molecular formula is C16H15FO2S. The van der Waals surface area contributed by atoms with Gasteiger partial charge in [0.15, 0.2) is 11.6 Å². The van der Waals surface area contributed by atoms with Crippen molar-refractivity contribution in [3.05, 3.63) is 64.8 Å². The zero-order valence-corrected chi connectivity index (χ0v) is 12.1. The van der Waals surface area contributed by atoms with Crippen molar-refractivity contribution < 1.29 is 13.3 Å². The Hall–Kier alpha value is -1.94.